The summed E-state index contributed by atoms with van der Waals surface area (Å²) in [5.41, 5.74) is -0.0263. The van der Waals surface area contributed by atoms with Crippen molar-refractivity contribution in [3.05, 3.63) is 58.1 Å². The van der Waals surface area contributed by atoms with Crippen molar-refractivity contribution in [3.63, 3.8) is 0 Å². The second-order valence-corrected chi connectivity index (χ2v) is 5.63. The third-order valence-corrected chi connectivity index (χ3v) is 4.11. The predicted molar refractivity (Wildman–Crippen MR) is 80.5 cm³/mol. The Kier molecular flexibility index (Phi) is 4.11. The van der Waals surface area contributed by atoms with Gasteiger partial charge in [0.2, 0.25) is 5.56 Å². The third-order valence-electron chi connectivity index (χ3n) is 4.11. The molecule has 7 heteroatoms. The molecule has 0 radical (unpaired) electrons. The molecule has 0 bridgehead atoms. The van der Waals surface area contributed by atoms with Crippen LogP contribution in [0.3, 0.4) is 0 Å². The number of alkyl halides is 3. The minimum Gasteiger partial charge on any atom is -0.357 e. The molecule has 1 fully saturated rings. The zero-order valence-corrected chi connectivity index (χ0v) is 12.3. The van der Waals surface area contributed by atoms with Gasteiger partial charge in [-0.15, -0.1) is 0 Å². The number of piperidine rings is 1. The smallest absolute Gasteiger partial charge is 0.357 e. The van der Waals surface area contributed by atoms with Gasteiger partial charge < -0.3 is 9.88 Å². The first-order valence-electron chi connectivity index (χ1n) is 7.41. The Morgan fingerprint density at radius 3 is 2.57 bits per heavy atom. The molecular formula is C16H16F3N3O. The third kappa shape index (κ3) is 3.55. The van der Waals surface area contributed by atoms with E-state index >= 15 is 0 Å². The van der Waals surface area contributed by atoms with Crippen molar-refractivity contribution < 1.29 is 13.2 Å². The second-order valence-electron chi connectivity index (χ2n) is 5.63. The number of nitrogens with one attached hydrogen (secondary N) is 1. The highest BCUT2D eigenvalue weighted by molar-refractivity contribution is 5.40. The minimum atomic E-state index is -4.43. The van der Waals surface area contributed by atoms with Gasteiger partial charge in [0.25, 0.3) is 0 Å². The van der Waals surface area contributed by atoms with Gasteiger partial charge in [-0.25, -0.2) is 4.98 Å². The fraction of sp³-hybridized carbons (Fsp3) is 0.375. The summed E-state index contributed by atoms with van der Waals surface area (Å²) in [5, 5.41) is 0. The summed E-state index contributed by atoms with van der Waals surface area (Å²) in [6, 6.07) is 7.43. The molecule has 4 nitrogen and oxygen atoms in total. The summed E-state index contributed by atoms with van der Waals surface area (Å²) >= 11 is 0. The van der Waals surface area contributed by atoms with E-state index in [1.165, 1.54) is 6.07 Å². The minimum absolute atomic E-state index is 0.135. The quantitative estimate of drug-likeness (QED) is 0.923. The van der Waals surface area contributed by atoms with Crippen LogP contribution in [-0.2, 0) is 6.18 Å². The van der Waals surface area contributed by atoms with E-state index in [0.717, 1.165) is 24.5 Å². The summed E-state index contributed by atoms with van der Waals surface area (Å²) in [5.74, 6) is 0.600. The van der Waals surface area contributed by atoms with E-state index in [4.69, 9.17) is 0 Å². The highest BCUT2D eigenvalue weighted by Crippen LogP contribution is 2.32. The fourth-order valence-corrected chi connectivity index (χ4v) is 2.91. The van der Waals surface area contributed by atoms with Gasteiger partial charge in [-0.1, -0.05) is 6.07 Å². The van der Waals surface area contributed by atoms with Crippen molar-refractivity contribution >= 4 is 5.82 Å². The monoisotopic (exact) mass is 323 g/mol. The summed E-state index contributed by atoms with van der Waals surface area (Å²) in [6.45, 7) is 1.23. The van der Waals surface area contributed by atoms with Crippen LogP contribution in [-0.4, -0.2) is 23.1 Å². The number of halogens is 3. The van der Waals surface area contributed by atoms with Crippen molar-refractivity contribution in [2.75, 3.05) is 18.0 Å². The molecule has 0 aromatic carbocycles. The standard InChI is InChI=1S/C16H16F3N3O/c17-16(18,19)13-2-1-3-14(21-13)22-8-5-11(6-9-22)12-4-7-20-15(23)10-12/h1-4,7,10-11H,5-6,8-9H2,(H,20,23). The van der Waals surface area contributed by atoms with E-state index in [1.807, 2.05) is 11.0 Å². The molecule has 23 heavy (non-hydrogen) atoms. The normalized spacial score (nSPS) is 16.6. The first-order chi connectivity index (χ1) is 10.9. The zero-order chi connectivity index (χ0) is 16.4. The SMILES string of the molecule is O=c1cc(C2CCN(c3cccc(C(F)(F)F)n3)CC2)cc[nH]1. The van der Waals surface area contributed by atoms with Crippen LogP contribution in [0.25, 0.3) is 0 Å². The van der Waals surface area contributed by atoms with E-state index in [0.29, 0.717) is 18.9 Å². The molecule has 1 saturated heterocycles. The number of aromatic amines is 1. The maximum atomic E-state index is 12.7. The van der Waals surface area contributed by atoms with Crippen LogP contribution >= 0.6 is 0 Å². The van der Waals surface area contributed by atoms with Crippen molar-refractivity contribution in [2.24, 2.45) is 0 Å². The van der Waals surface area contributed by atoms with Crippen LogP contribution in [0, 0.1) is 0 Å². The van der Waals surface area contributed by atoms with Crippen LogP contribution < -0.4 is 10.5 Å². The Morgan fingerprint density at radius 2 is 1.91 bits per heavy atom. The molecule has 1 aliphatic heterocycles. The topological polar surface area (TPSA) is 49.0 Å². The van der Waals surface area contributed by atoms with Gasteiger partial charge in [-0.3, -0.25) is 4.79 Å². The lowest BCUT2D eigenvalue weighted by atomic mass is 9.90. The van der Waals surface area contributed by atoms with E-state index in [1.54, 1.807) is 18.3 Å². The molecule has 3 heterocycles. The first kappa shape index (κ1) is 15.6. The van der Waals surface area contributed by atoms with Crippen LogP contribution in [0.2, 0.25) is 0 Å². The maximum absolute atomic E-state index is 12.7. The average Bonchev–Trinajstić information content (AvgIpc) is 2.54. The van der Waals surface area contributed by atoms with Crippen LogP contribution in [0.4, 0.5) is 19.0 Å². The van der Waals surface area contributed by atoms with Crippen molar-refractivity contribution in [2.45, 2.75) is 24.9 Å². The van der Waals surface area contributed by atoms with Gasteiger partial charge in [0.15, 0.2) is 0 Å². The molecule has 0 aliphatic carbocycles. The molecular weight excluding hydrogens is 307 g/mol. The number of rotatable bonds is 2. The number of anilines is 1. The van der Waals surface area contributed by atoms with E-state index in [-0.39, 0.29) is 11.5 Å². The lowest BCUT2D eigenvalue weighted by Gasteiger charge is -2.33. The summed E-state index contributed by atoms with van der Waals surface area (Å²) in [4.78, 5) is 19.5. The Bertz CT molecular complexity index is 734. The second kappa shape index (κ2) is 6.06. The Labute approximate surface area is 131 Å². The van der Waals surface area contributed by atoms with Gasteiger partial charge in [0, 0.05) is 25.4 Å². The number of nitrogens with zero attached hydrogens (tertiary/aromatic N) is 2. The van der Waals surface area contributed by atoms with Gasteiger partial charge in [-0.2, -0.15) is 13.2 Å². The Morgan fingerprint density at radius 1 is 1.17 bits per heavy atom. The molecule has 3 rings (SSSR count). The molecule has 0 spiro atoms. The van der Waals surface area contributed by atoms with Crippen molar-refractivity contribution in [1.82, 2.24) is 9.97 Å². The van der Waals surface area contributed by atoms with Gasteiger partial charge in [0.05, 0.1) is 0 Å². The molecule has 0 amide bonds. The molecule has 2 aromatic heterocycles. The molecule has 2 aromatic rings. The molecule has 0 unspecified atom stereocenters. The van der Waals surface area contributed by atoms with E-state index < -0.39 is 11.9 Å². The molecule has 0 atom stereocenters. The summed E-state index contributed by atoms with van der Waals surface area (Å²) in [7, 11) is 0. The molecule has 1 aliphatic rings. The van der Waals surface area contributed by atoms with Crippen LogP contribution in [0.5, 0.6) is 0 Å². The molecule has 1 N–H and O–H groups in total. The summed E-state index contributed by atoms with van der Waals surface area (Å²) < 4.78 is 38.2. The molecule has 0 saturated carbocycles. The van der Waals surface area contributed by atoms with Crippen LogP contribution in [0.1, 0.15) is 30.0 Å². The van der Waals surface area contributed by atoms with Gasteiger partial charge >= 0.3 is 6.18 Å². The summed E-state index contributed by atoms with van der Waals surface area (Å²) in [6.07, 6.45) is -1.25. The van der Waals surface area contributed by atoms with E-state index in [2.05, 4.69) is 9.97 Å². The van der Waals surface area contributed by atoms with Crippen LogP contribution in [0.15, 0.2) is 41.3 Å². The highest BCUT2D eigenvalue weighted by atomic mass is 19.4. The Balaban J connectivity index is 1.71. The van der Waals surface area contributed by atoms with Gasteiger partial charge in [0.1, 0.15) is 11.5 Å². The predicted octanol–water partition coefficient (Wildman–Crippen LogP) is 3.17. The first-order valence-corrected chi connectivity index (χ1v) is 7.41. The average molecular weight is 323 g/mol. The fourth-order valence-electron chi connectivity index (χ4n) is 2.91. The Hall–Kier alpha value is -2.31. The van der Waals surface area contributed by atoms with Crippen molar-refractivity contribution in [3.8, 4) is 0 Å². The number of hydrogen-bond acceptors (Lipinski definition) is 3. The lowest BCUT2D eigenvalue weighted by Crippen LogP contribution is -2.34. The van der Waals surface area contributed by atoms with E-state index in [9.17, 15) is 18.0 Å². The maximum Gasteiger partial charge on any atom is 0.433 e. The van der Waals surface area contributed by atoms with Crippen molar-refractivity contribution in [1.29, 1.82) is 0 Å². The molecule has 122 valence electrons. The number of hydrogen-bond donors (Lipinski definition) is 1. The number of pyridine rings is 2. The van der Waals surface area contributed by atoms with Gasteiger partial charge in [-0.05, 0) is 42.5 Å². The zero-order valence-electron chi connectivity index (χ0n) is 12.3. The number of H-pyrrole nitrogens is 1. The highest BCUT2D eigenvalue weighted by Gasteiger charge is 2.33. The largest absolute Gasteiger partial charge is 0.433 e. The lowest BCUT2D eigenvalue weighted by molar-refractivity contribution is -0.141. The number of aromatic nitrogens is 2.